The average Bonchev–Trinajstić information content (AvgIpc) is 3.64. The molecule has 0 radical (unpaired) electrons. The number of methoxy groups -OCH3 is 1. The van der Waals surface area contributed by atoms with Gasteiger partial charge in [-0.05, 0) is 24.6 Å². The van der Waals surface area contributed by atoms with Gasteiger partial charge in [-0.1, -0.05) is 32.0 Å². The molecule has 64 heavy (non-hydrogen) atoms. The SMILES string of the molecule is CC[C@@]1(OC(=O)CCC(=O)NCC(=O)NCC2OC(OC)C(NC(C)=O)C(OC3OC(OOC)C(C)C(O)C3O)C2O)C(=O)OCc2c1cc1n(c2=O)Cc2cc3ccccc3nc2-1. The fraction of sp³-hybridized carbons (Fsp3) is 0.548. The molecule has 10 unspecified atom stereocenters. The van der Waals surface area contributed by atoms with Crippen LogP contribution in [0.5, 0.6) is 0 Å². The van der Waals surface area contributed by atoms with Gasteiger partial charge in [0.25, 0.3) is 5.56 Å². The Morgan fingerprint density at radius 3 is 2.44 bits per heavy atom. The van der Waals surface area contributed by atoms with Gasteiger partial charge in [-0.2, -0.15) is 0 Å². The van der Waals surface area contributed by atoms with Crippen molar-refractivity contribution < 1.29 is 77.5 Å². The van der Waals surface area contributed by atoms with Crippen LogP contribution in [-0.4, -0.2) is 137 Å². The zero-order valence-electron chi connectivity index (χ0n) is 35.6. The fourth-order valence-corrected chi connectivity index (χ4v) is 8.37. The van der Waals surface area contributed by atoms with Crippen LogP contribution in [0.25, 0.3) is 22.3 Å². The van der Waals surface area contributed by atoms with Crippen LogP contribution in [0.1, 0.15) is 56.7 Å². The lowest BCUT2D eigenvalue weighted by molar-refractivity contribution is -0.437. The van der Waals surface area contributed by atoms with Crippen LogP contribution in [0.2, 0.25) is 0 Å². The first-order chi connectivity index (χ1) is 30.6. The van der Waals surface area contributed by atoms with Crippen molar-refractivity contribution in [3.8, 4) is 11.4 Å². The summed E-state index contributed by atoms with van der Waals surface area (Å²) in [6.45, 7) is 3.38. The van der Waals surface area contributed by atoms with Crippen LogP contribution in [0.15, 0.2) is 41.2 Å². The molecule has 0 spiro atoms. The van der Waals surface area contributed by atoms with Gasteiger partial charge in [0, 0.05) is 49.4 Å². The number of benzene rings is 1. The largest absolute Gasteiger partial charge is 0.457 e. The second-order valence-corrected chi connectivity index (χ2v) is 15.9. The molecule has 0 saturated carbocycles. The molecule has 22 heteroatoms. The highest BCUT2D eigenvalue weighted by Gasteiger charge is 2.53. The van der Waals surface area contributed by atoms with Crippen LogP contribution in [0.3, 0.4) is 0 Å². The van der Waals surface area contributed by atoms with Crippen molar-refractivity contribution in [3.05, 3.63) is 63.4 Å². The lowest BCUT2D eigenvalue weighted by Crippen LogP contribution is -2.68. The molecule has 4 aliphatic heterocycles. The number of para-hydroxylation sites is 1. The van der Waals surface area contributed by atoms with Crippen molar-refractivity contribution in [1.29, 1.82) is 0 Å². The summed E-state index contributed by atoms with van der Waals surface area (Å²) < 4.78 is 35.6. The molecule has 1 aromatic carbocycles. The van der Waals surface area contributed by atoms with E-state index < -0.39 is 122 Å². The third kappa shape index (κ3) is 9.10. The number of carbonyl (C=O) groups is 5. The number of cyclic esters (lactones) is 1. The van der Waals surface area contributed by atoms with Gasteiger partial charge in [-0.3, -0.25) is 24.0 Å². The van der Waals surface area contributed by atoms with E-state index in [0.717, 1.165) is 16.5 Å². The number of esters is 2. The monoisotopic (exact) mass is 897 g/mol. The molecule has 4 aliphatic rings. The number of ether oxygens (including phenoxy) is 6. The van der Waals surface area contributed by atoms with E-state index in [-0.39, 0.29) is 37.2 Å². The van der Waals surface area contributed by atoms with Crippen molar-refractivity contribution in [3.63, 3.8) is 0 Å². The molecule has 6 heterocycles. The number of aliphatic hydroxyl groups excluding tert-OH is 3. The van der Waals surface area contributed by atoms with Gasteiger partial charge in [-0.15, -0.1) is 0 Å². The lowest BCUT2D eigenvalue weighted by Gasteiger charge is -2.47. The van der Waals surface area contributed by atoms with E-state index in [4.69, 9.17) is 38.3 Å². The van der Waals surface area contributed by atoms with E-state index in [1.165, 1.54) is 21.1 Å². The molecule has 11 atom stereocenters. The Morgan fingerprint density at radius 2 is 1.72 bits per heavy atom. The zero-order chi connectivity index (χ0) is 46.0. The minimum Gasteiger partial charge on any atom is -0.457 e. The maximum atomic E-state index is 13.8. The Hall–Kier alpha value is -5.43. The number of aromatic nitrogens is 2. The molecule has 3 amide bonds. The van der Waals surface area contributed by atoms with Gasteiger partial charge in [0.1, 0.15) is 37.1 Å². The molecule has 6 N–H and O–H groups in total. The Labute approximate surface area is 365 Å². The van der Waals surface area contributed by atoms with Crippen LogP contribution < -0.4 is 21.5 Å². The van der Waals surface area contributed by atoms with Gasteiger partial charge in [0.05, 0.1) is 55.2 Å². The summed E-state index contributed by atoms with van der Waals surface area (Å²) in [5.74, 6) is -4.54. The second-order valence-electron chi connectivity index (χ2n) is 15.9. The molecule has 22 nitrogen and oxygen atoms in total. The quantitative estimate of drug-likeness (QED) is 0.0468. The highest BCUT2D eigenvalue weighted by atomic mass is 17.2. The average molecular weight is 898 g/mol. The predicted octanol–water partition coefficient (Wildman–Crippen LogP) is -1.12. The summed E-state index contributed by atoms with van der Waals surface area (Å²) in [6, 6.07) is 9.95. The summed E-state index contributed by atoms with van der Waals surface area (Å²) in [5.41, 5.74) is 0.537. The van der Waals surface area contributed by atoms with Crippen LogP contribution in [0.4, 0.5) is 0 Å². The van der Waals surface area contributed by atoms with E-state index in [0.29, 0.717) is 11.4 Å². The van der Waals surface area contributed by atoms with Gasteiger partial charge in [0.15, 0.2) is 18.9 Å². The molecule has 0 aliphatic carbocycles. The number of nitrogens with one attached hydrogen (secondary N) is 3. The predicted molar refractivity (Wildman–Crippen MR) is 216 cm³/mol. The molecule has 2 aromatic heterocycles. The standard InChI is InChI=1S/C42H51N5O17/c1-6-42(24-14-26-31-22(13-21-9-7-8-10-25(21)46-31)17-47(26)37(55)23(24)18-59-41(42)56)63-30(51)12-11-28(49)44-16-29(50)43-15-27-34(53)36(32(45-20(3)48)39(57-4)60-27)61-40-35(54)33(52)19(2)38(62-40)64-58-5/h7-10,13-14,19,27,32-36,38-40,52-54H,6,11-12,15-18H2,1-5H3,(H,43,50)(H,44,49)(H,45,48)/t19?,27?,32?,33?,34?,35?,36?,38?,39?,40?,42-/m0/s1. The smallest absolute Gasteiger partial charge is 0.355 e. The normalized spacial score (nSPS) is 29.5. The highest BCUT2D eigenvalue weighted by Crippen LogP contribution is 2.41. The molecule has 3 aromatic rings. The van der Waals surface area contributed by atoms with Crippen LogP contribution >= 0.6 is 0 Å². The topological polar surface area (TPSA) is 291 Å². The van der Waals surface area contributed by atoms with Crippen molar-refractivity contribution in [2.45, 2.75) is 114 Å². The molecule has 2 fully saturated rings. The van der Waals surface area contributed by atoms with Gasteiger partial charge in [-0.25, -0.2) is 19.6 Å². The molecular formula is C42H51N5O17. The summed E-state index contributed by atoms with van der Waals surface area (Å²) in [4.78, 5) is 92.9. The number of amides is 3. The number of carbonyl (C=O) groups excluding carboxylic acids is 5. The maximum absolute atomic E-state index is 13.8. The first-order valence-corrected chi connectivity index (χ1v) is 20.7. The Morgan fingerprint density at radius 1 is 0.953 bits per heavy atom. The van der Waals surface area contributed by atoms with Crippen molar-refractivity contribution in [1.82, 2.24) is 25.5 Å². The number of rotatable bonds is 15. The molecule has 346 valence electrons. The van der Waals surface area contributed by atoms with Crippen molar-refractivity contribution in [2.75, 3.05) is 27.3 Å². The van der Waals surface area contributed by atoms with E-state index in [1.54, 1.807) is 24.5 Å². The first-order valence-electron chi connectivity index (χ1n) is 20.7. The number of hydrogen-bond acceptors (Lipinski definition) is 18. The summed E-state index contributed by atoms with van der Waals surface area (Å²) in [7, 11) is 2.48. The van der Waals surface area contributed by atoms with Crippen molar-refractivity contribution >= 4 is 40.6 Å². The van der Waals surface area contributed by atoms with Gasteiger partial charge >= 0.3 is 11.9 Å². The third-order valence-electron chi connectivity index (χ3n) is 11.8. The molecule has 7 rings (SSSR count). The van der Waals surface area contributed by atoms with E-state index in [2.05, 4.69) is 20.8 Å². The minimum absolute atomic E-state index is 0.0777. The fourth-order valence-electron chi connectivity index (χ4n) is 8.37. The van der Waals surface area contributed by atoms with E-state index >= 15 is 0 Å². The summed E-state index contributed by atoms with van der Waals surface area (Å²) >= 11 is 0. The van der Waals surface area contributed by atoms with E-state index in [9.17, 15) is 44.1 Å². The second kappa shape index (κ2) is 19.4. The third-order valence-corrected chi connectivity index (χ3v) is 11.8. The Bertz CT molecular complexity index is 2340. The minimum atomic E-state index is -1.97. The first kappa shape index (κ1) is 46.6. The number of aliphatic hydroxyl groups is 3. The van der Waals surface area contributed by atoms with Gasteiger partial charge in [0.2, 0.25) is 23.3 Å². The van der Waals surface area contributed by atoms with Crippen LogP contribution in [0, 0.1) is 5.92 Å². The molecule has 0 bridgehead atoms. The number of nitrogens with zero attached hydrogens (tertiary/aromatic N) is 2. The number of hydrogen-bond donors (Lipinski definition) is 6. The van der Waals surface area contributed by atoms with Gasteiger partial charge < -0.3 is 64.3 Å². The van der Waals surface area contributed by atoms with E-state index in [1.807, 2.05) is 30.3 Å². The highest BCUT2D eigenvalue weighted by molar-refractivity contribution is 5.90. The molecule has 2 saturated heterocycles. The Balaban J connectivity index is 0.950. The molecular weight excluding hydrogens is 846 g/mol. The lowest BCUT2D eigenvalue weighted by atomic mass is 9.85. The Kier molecular flexibility index (Phi) is 14.1. The number of pyridine rings is 2. The summed E-state index contributed by atoms with van der Waals surface area (Å²) in [6.07, 6.45) is -12.3. The van der Waals surface area contributed by atoms with Crippen LogP contribution in [-0.2, 0) is 80.9 Å². The maximum Gasteiger partial charge on any atom is 0.355 e. The summed E-state index contributed by atoms with van der Waals surface area (Å²) in [5, 5.41) is 41.2. The zero-order valence-corrected chi connectivity index (χ0v) is 35.6. The van der Waals surface area contributed by atoms with Crippen molar-refractivity contribution in [2.24, 2.45) is 5.92 Å². The number of fused-ring (bicyclic) bond motifs is 5.